The molecule has 0 aromatic heterocycles. The summed E-state index contributed by atoms with van der Waals surface area (Å²) in [4.78, 5) is 31.8. The summed E-state index contributed by atoms with van der Waals surface area (Å²) in [6.07, 6.45) is 0. The molecule has 2 amide bonds. The fourth-order valence-corrected chi connectivity index (χ4v) is 4.38. The summed E-state index contributed by atoms with van der Waals surface area (Å²) in [6.45, 7) is 1.80. The number of hydrogen-bond acceptors (Lipinski definition) is 4. The van der Waals surface area contributed by atoms with Gasteiger partial charge in [-0.25, -0.2) is 4.99 Å². The molecule has 1 N–H and O–H groups in total. The number of nitrogens with zero attached hydrogens (tertiary/aromatic N) is 2. The van der Waals surface area contributed by atoms with Crippen LogP contribution in [0.5, 0.6) is 0 Å². The monoisotopic (exact) mass is 397 g/mol. The van der Waals surface area contributed by atoms with Gasteiger partial charge in [0.25, 0.3) is 5.91 Å². The van der Waals surface area contributed by atoms with Crippen LogP contribution in [-0.2, 0) is 9.59 Å². The van der Waals surface area contributed by atoms with Crippen LogP contribution >= 0.6 is 23.4 Å². The van der Waals surface area contributed by atoms with Crippen LogP contribution in [-0.4, -0.2) is 27.6 Å². The van der Waals surface area contributed by atoms with Crippen molar-refractivity contribution >= 4 is 46.0 Å². The highest BCUT2D eigenvalue weighted by molar-refractivity contribution is 8.15. The molecular formula is C20H16ClN3O2S. The van der Waals surface area contributed by atoms with Crippen molar-refractivity contribution in [2.45, 2.75) is 13.0 Å². The summed E-state index contributed by atoms with van der Waals surface area (Å²) in [5, 5.41) is 4.08. The standard InChI is InChI=1S/C20H16ClN3O2S/c1-12-17(19(26)23-15-8-3-2-4-9-15)18(13-6-5-7-14(21)10-13)24-16(25)11-27-20(24)22-12/h2-10,18H,11H2,1H3,(H,23,26)/t18-/m1/s1. The number of carbonyl (C=O) groups is 2. The zero-order valence-corrected chi connectivity index (χ0v) is 16.1. The summed E-state index contributed by atoms with van der Waals surface area (Å²) in [5.41, 5.74) is 2.51. The highest BCUT2D eigenvalue weighted by Crippen LogP contribution is 2.41. The largest absolute Gasteiger partial charge is 0.322 e. The molecule has 0 saturated carbocycles. The van der Waals surface area contributed by atoms with Gasteiger partial charge in [0.15, 0.2) is 5.17 Å². The lowest BCUT2D eigenvalue weighted by molar-refractivity contribution is -0.125. The lowest BCUT2D eigenvalue weighted by Crippen LogP contribution is -2.40. The summed E-state index contributed by atoms with van der Waals surface area (Å²) >= 11 is 7.57. The van der Waals surface area contributed by atoms with E-state index in [1.54, 1.807) is 24.0 Å². The van der Waals surface area contributed by atoms with Gasteiger partial charge in [0, 0.05) is 10.7 Å². The van der Waals surface area contributed by atoms with Gasteiger partial charge in [-0.05, 0) is 36.8 Å². The van der Waals surface area contributed by atoms with E-state index in [1.165, 1.54) is 11.8 Å². The average Bonchev–Trinajstić information content (AvgIpc) is 3.01. The van der Waals surface area contributed by atoms with E-state index in [1.807, 2.05) is 42.5 Å². The van der Waals surface area contributed by atoms with Gasteiger partial charge in [-0.2, -0.15) is 0 Å². The molecule has 2 aromatic carbocycles. The topological polar surface area (TPSA) is 61.8 Å². The average molecular weight is 398 g/mol. The first kappa shape index (κ1) is 17.8. The van der Waals surface area contributed by atoms with Crippen molar-refractivity contribution in [1.82, 2.24) is 4.90 Å². The number of nitrogens with one attached hydrogen (secondary N) is 1. The molecule has 5 nitrogen and oxygen atoms in total. The van der Waals surface area contributed by atoms with Gasteiger partial charge in [-0.1, -0.05) is 53.7 Å². The maximum Gasteiger partial charge on any atom is 0.255 e. The van der Waals surface area contributed by atoms with Gasteiger partial charge in [0.05, 0.1) is 23.1 Å². The Morgan fingerprint density at radius 1 is 1.22 bits per heavy atom. The molecule has 0 radical (unpaired) electrons. The molecule has 7 heteroatoms. The fourth-order valence-electron chi connectivity index (χ4n) is 3.24. The van der Waals surface area contributed by atoms with Crippen LogP contribution in [0, 0.1) is 0 Å². The number of allylic oxidation sites excluding steroid dienone is 1. The number of hydrogen-bond donors (Lipinski definition) is 1. The smallest absolute Gasteiger partial charge is 0.255 e. The molecule has 1 saturated heterocycles. The first-order chi connectivity index (χ1) is 13.0. The Hall–Kier alpha value is -2.57. The number of benzene rings is 2. The minimum atomic E-state index is -0.553. The van der Waals surface area contributed by atoms with Gasteiger partial charge in [-0.15, -0.1) is 0 Å². The molecule has 2 aliphatic rings. The van der Waals surface area contributed by atoms with Crippen LogP contribution in [0.4, 0.5) is 5.69 Å². The quantitative estimate of drug-likeness (QED) is 0.842. The Morgan fingerprint density at radius 2 is 2.00 bits per heavy atom. The van der Waals surface area contributed by atoms with Crippen LogP contribution < -0.4 is 5.32 Å². The van der Waals surface area contributed by atoms with E-state index in [0.717, 1.165) is 5.56 Å². The van der Waals surface area contributed by atoms with Gasteiger partial charge < -0.3 is 5.32 Å². The van der Waals surface area contributed by atoms with Crippen LogP contribution in [0.3, 0.4) is 0 Å². The summed E-state index contributed by atoms with van der Waals surface area (Å²) in [6, 6.07) is 15.9. The van der Waals surface area contributed by atoms with Gasteiger partial charge in [0.2, 0.25) is 5.91 Å². The fraction of sp³-hybridized carbons (Fsp3) is 0.150. The number of rotatable bonds is 3. The van der Waals surface area contributed by atoms with E-state index in [-0.39, 0.29) is 11.8 Å². The zero-order chi connectivity index (χ0) is 19.0. The normalized spacial score (nSPS) is 19.0. The number of amidine groups is 1. The number of fused-ring (bicyclic) bond motifs is 1. The number of halogens is 1. The highest BCUT2D eigenvalue weighted by atomic mass is 35.5. The Balaban J connectivity index is 1.79. The predicted octanol–water partition coefficient (Wildman–Crippen LogP) is 4.24. The molecule has 0 spiro atoms. The second-order valence-electron chi connectivity index (χ2n) is 6.22. The molecule has 1 fully saturated rings. The molecule has 0 bridgehead atoms. The summed E-state index contributed by atoms with van der Waals surface area (Å²) in [7, 11) is 0. The van der Waals surface area contributed by atoms with E-state index in [9.17, 15) is 9.59 Å². The predicted molar refractivity (Wildman–Crippen MR) is 109 cm³/mol. The molecule has 0 aliphatic carbocycles. The van der Waals surface area contributed by atoms with E-state index in [2.05, 4.69) is 10.3 Å². The van der Waals surface area contributed by atoms with Crippen molar-refractivity contribution in [3.8, 4) is 0 Å². The maximum atomic E-state index is 13.1. The molecule has 2 aliphatic heterocycles. The van der Waals surface area contributed by atoms with E-state index >= 15 is 0 Å². The van der Waals surface area contributed by atoms with Crippen molar-refractivity contribution in [3.05, 3.63) is 76.5 Å². The lowest BCUT2D eigenvalue weighted by atomic mass is 9.93. The molecule has 1 atom stereocenters. The van der Waals surface area contributed by atoms with Gasteiger partial charge in [0.1, 0.15) is 0 Å². The Bertz CT molecular complexity index is 988. The van der Waals surface area contributed by atoms with Gasteiger partial charge in [-0.3, -0.25) is 14.5 Å². The van der Waals surface area contributed by atoms with E-state index in [4.69, 9.17) is 11.6 Å². The third-order valence-electron chi connectivity index (χ3n) is 4.42. The molecule has 27 heavy (non-hydrogen) atoms. The van der Waals surface area contributed by atoms with Crippen LogP contribution in [0.1, 0.15) is 18.5 Å². The maximum absolute atomic E-state index is 13.1. The molecule has 0 unspecified atom stereocenters. The Labute approximate surface area is 166 Å². The molecule has 136 valence electrons. The van der Waals surface area contributed by atoms with Crippen molar-refractivity contribution in [2.75, 3.05) is 11.1 Å². The molecule has 4 rings (SSSR count). The first-order valence-corrected chi connectivity index (χ1v) is 9.77. The van der Waals surface area contributed by atoms with Crippen LogP contribution in [0.25, 0.3) is 0 Å². The summed E-state index contributed by atoms with van der Waals surface area (Å²) < 4.78 is 0. The Kier molecular flexibility index (Phi) is 4.76. The minimum Gasteiger partial charge on any atom is -0.322 e. The van der Waals surface area contributed by atoms with E-state index < -0.39 is 6.04 Å². The second-order valence-corrected chi connectivity index (χ2v) is 7.60. The Morgan fingerprint density at radius 3 is 2.74 bits per heavy atom. The number of aliphatic imine (C=N–C) groups is 1. The van der Waals surface area contributed by atoms with Crippen molar-refractivity contribution in [1.29, 1.82) is 0 Å². The van der Waals surface area contributed by atoms with Crippen LogP contribution in [0.15, 0.2) is 70.9 Å². The third kappa shape index (κ3) is 3.38. The van der Waals surface area contributed by atoms with Crippen LogP contribution in [0.2, 0.25) is 5.02 Å². The van der Waals surface area contributed by atoms with Crippen molar-refractivity contribution in [2.24, 2.45) is 4.99 Å². The number of para-hydroxylation sites is 1. The molecule has 2 heterocycles. The first-order valence-electron chi connectivity index (χ1n) is 8.41. The third-order valence-corrected chi connectivity index (χ3v) is 5.60. The highest BCUT2D eigenvalue weighted by Gasteiger charge is 2.42. The second kappa shape index (κ2) is 7.21. The van der Waals surface area contributed by atoms with Crippen molar-refractivity contribution < 1.29 is 9.59 Å². The minimum absolute atomic E-state index is 0.0683. The SMILES string of the molecule is CC1=C(C(=O)Nc2ccccc2)[C@@H](c2cccc(Cl)c2)N2C(=O)CSC2=N1. The lowest BCUT2D eigenvalue weighted by Gasteiger charge is -2.33. The number of amides is 2. The molecule has 2 aromatic rings. The molecular weight excluding hydrogens is 382 g/mol. The van der Waals surface area contributed by atoms with Crippen molar-refractivity contribution in [3.63, 3.8) is 0 Å². The van der Waals surface area contributed by atoms with E-state index in [0.29, 0.717) is 32.9 Å². The number of thioether (sulfide) groups is 1. The zero-order valence-electron chi connectivity index (χ0n) is 14.5. The number of anilines is 1. The summed E-state index contributed by atoms with van der Waals surface area (Å²) in [5.74, 6) is -0.0334. The number of carbonyl (C=O) groups excluding carboxylic acids is 2. The van der Waals surface area contributed by atoms with Gasteiger partial charge >= 0.3 is 0 Å².